The van der Waals surface area contributed by atoms with E-state index in [1.54, 1.807) is 6.07 Å². The minimum atomic E-state index is -0.541. The van der Waals surface area contributed by atoms with E-state index in [9.17, 15) is 9.59 Å². The van der Waals surface area contributed by atoms with Crippen LogP contribution in [0.4, 0.5) is 0 Å². The van der Waals surface area contributed by atoms with Crippen LogP contribution in [0.2, 0.25) is 0 Å². The molecule has 0 heterocycles. The van der Waals surface area contributed by atoms with Crippen LogP contribution in [0.15, 0.2) is 78.9 Å². The maximum Gasteiger partial charge on any atom is 0.276 e. The summed E-state index contributed by atoms with van der Waals surface area (Å²) in [5.74, 6) is -0.629. The molecule has 3 rings (SSSR count). The quantitative estimate of drug-likeness (QED) is 0.398. The van der Waals surface area contributed by atoms with Gasteiger partial charge >= 0.3 is 0 Å². The SMILES string of the molecule is Cc1cccc(OCC(=O)NNC(=S)NC(=O)C(c2ccccc2)c2ccccc2)c1C. The first-order chi connectivity index (χ1) is 15.5. The summed E-state index contributed by atoms with van der Waals surface area (Å²) in [6.07, 6.45) is 0. The van der Waals surface area contributed by atoms with Crippen LogP contribution in [0.25, 0.3) is 0 Å². The second-order valence-electron chi connectivity index (χ2n) is 7.23. The summed E-state index contributed by atoms with van der Waals surface area (Å²) in [5.41, 5.74) is 8.73. The van der Waals surface area contributed by atoms with Crippen LogP contribution in [0.5, 0.6) is 5.75 Å². The fourth-order valence-electron chi connectivity index (χ4n) is 3.19. The van der Waals surface area contributed by atoms with Gasteiger partial charge < -0.3 is 10.1 Å². The first kappa shape index (κ1) is 23.0. The van der Waals surface area contributed by atoms with Gasteiger partial charge in [0.25, 0.3) is 5.91 Å². The van der Waals surface area contributed by atoms with E-state index >= 15 is 0 Å². The zero-order valence-corrected chi connectivity index (χ0v) is 18.7. The third-order valence-electron chi connectivity index (χ3n) is 4.99. The molecule has 0 aliphatic rings. The molecule has 2 amide bonds. The van der Waals surface area contributed by atoms with Gasteiger partial charge in [0.1, 0.15) is 5.75 Å². The zero-order valence-electron chi connectivity index (χ0n) is 17.9. The van der Waals surface area contributed by atoms with E-state index in [1.807, 2.05) is 86.6 Å². The van der Waals surface area contributed by atoms with E-state index in [4.69, 9.17) is 17.0 Å². The average Bonchev–Trinajstić information content (AvgIpc) is 2.80. The molecule has 0 unspecified atom stereocenters. The molecule has 3 N–H and O–H groups in total. The summed E-state index contributed by atoms with van der Waals surface area (Å²) in [5, 5.41) is 2.64. The number of ether oxygens (including phenoxy) is 1. The predicted molar refractivity (Wildman–Crippen MR) is 128 cm³/mol. The Morgan fingerprint density at radius 2 is 1.44 bits per heavy atom. The van der Waals surface area contributed by atoms with Crippen LogP contribution in [-0.4, -0.2) is 23.5 Å². The number of rotatable bonds is 6. The molecule has 3 aromatic carbocycles. The maximum absolute atomic E-state index is 13.0. The summed E-state index contributed by atoms with van der Waals surface area (Å²) in [7, 11) is 0. The van der Waals surface area contributed by atoms with Crippen molar-refractivity contribution in [3.05, 3.63) is 101 Å². The highest BCUT2D eigenvalue weighted by atomic mass is 32.1. The van der Waals surface area contributed by atoms with Crippen molar-refractivity contribution in [1.29, 1.82) is 0 Å². The van der Waals surface area contributed by atoms with Crippen molar-refractivity contribution in [2.24, 2.45) is 0 Å². The first-order valence-electron chi connectivity index (χ1n) is 10.1. The monoisotopic (exact) mass is 447 g/mol. The summed E-state index contributed by atoms with van der Waals surface area (Å²) in [6.45, 7) is 3.72. The molecule has 3 aromatic rings. The number of hydrazine groups is 1. The van der Waals surface area contributed by atoms with Gasteiger partial charge in [0.2, 0.25) is 5.91 Å². The van der Waals surface area contributed by atoms with Crippen LogP contribution in [-0.2, 0) is 9.59 Å². The molecule has 0 aliphatic carbocycles. The normalized spacial score (nSPS) is 10.3. The lowest BCUT2D eigenvalue weighted by Crippen LogP contribution is -2.50. The van der Waals surface area contributed by atoms with Gasteiger partial charge in [-0.05, 0) is 54.4 Å². The molecule has 0 bridgehead atoms. The Bertz CT molecular complexity index is 1050. The van der Waals surface area contributed by atoms with Gasteiger partial charge in [-0.15, -0.1) is 0 Å². The Kier molecular flexibility index (Phi) is 7.94. The third kappa shape index (κ3) is 6.15. The topological polar surface area (TPSA) is 79.5 Å². The van der Waals surface area contributed by atoms with Crippen molar-refractivity contribution in [2.75, 3.05) is 6.61 Å². The molecule has 0 aliphatic heterocycles. The fourth-order valence-corrected chi connectivity index (χ4v) is 3.34. The molecular weight excluding hydrogens is 422 g/mol. The fraction of sp³-hybridized carbons (Fsp3) is 0.160. The summed E-state index contributed by atoms with van der Waals surface area (Å²) < 4.78 is 5.56. The molecule has 0 spiro atoms. The first-order valence-corrected chi connectivity index (χ1v) is 10.5. The van der Waals surface area contributed by atoms with Gasteiger partial charge in [0.15, 0.2) is 11.7 Å². The molecule has 6 nitrogen and oxygen atoms in total. The van der Waals surface area contributed by atoms with Gasteiger partial charge in [-0.25, -0.2) is 0 Å². The number of amides is 2. The lowest BCUT2D eigenvalue weighted by molar-refractivity contribution is -0.124. The van der Waals surface area contributed by atoms with Crippen LogP contribution in [0, 0.1) is 13.8 Å². The smallest absolute Gasteiger partial charge is 0.276 e. The van der Waals surface area contributed by atoms with Crippen LogP contribution in [0.1, 0.15) is 28.2 Å². The highest BCUT2D eigenvalue weighted by molar-refractivity contribution is 7.80. The molecule has 0 radical (unpaired) electrons. The number of hydrogen-bond donors (Lipinski definition) is 3. The summed E-state index contributed by atoms with van der Waals surface area (Å²) >= 11 is 5.18. The van der Waals surface area contributed by atoms with Gasteiger partial charge in [-0.1, -0.05) is 72.8 Å². The number of carbonyl (C=O) groups is 2. The number of thiocarbonyl (C=S) groups is 1. The molecule has 0 saturated carbocycles. The third-order valence-corrected chi connectivity index (χ3v) is 5.20. The Hall–Kier alpha value is -3.71. The minimum Gasteiger partial charge on any atom is -0.483 e. The van der Waals surface area contributed by atoms with Gasteiger partial charge in [-0.3, -0.25) is 20.4 Å². The molecule has 164 valence electrons. The van der Waals surface area contributed by atoms with E-state index in [2.05, 4.69) is 16.2 Å². The van der Waals surface area contributed by atoms with Crippen molar-refractivity contribution in [2.45, 2.75) is 19.8 Å². The van der Waals surface area contributed by atoms with E-state index in [-0.39, 0.29) is 17.6 Å². The molecule has 0 saturated heterocycles. The van der Waals surface area contributed by atoms with E-state index < -0.39 is 11.8 Å². The number of nitrogens with one attached hydrogen (secondary N) is 3. The second-order valence-corrected chi connectivity index (χ2v) is 7.64. The van der Waals surface area contributed by atoms with Crippen molar-refractivity contribution in [1.82, 2.24) is 16.2 Å². The standard InChI is InChI=1S/C25H25N3O3S/c1-17-10-9-15-21(18(17)2)31-16-22(29)27-28-25(32)26-24(30)23(19-11-5-3-6-12-19)20-13-7-4-8-14-20/h3-15,23H,16H2,1-2H3,(H,27,29)(H2,26,28,30,32). The summed E-state index contributed by atoms with van der Waals surface area (Å²) in [6, 6.07) is 24.5. The second kappa shape index (κ2) is 11.1. The van der Waals surface area contributed by atoms with Crippen molar-refractivity contribution in [3.63, 3.8) is 0 Å². The van der Waals surface area contributed by atoms with Gasteiger partial charge in [0.05, 0.1) is 5.92 Å². The molecule has 0 fully saturated rings. The van der Waals surface area contributed by atoms with Crippen LogP contribution in [0.3, 0.4) is 0 Å². The zero-order chi connectivity index (χ0) is 22.9. The Labute approximate surface area is 193 Å². The highest BCUT2D eigenvalue weighted by Gasteiger charge is 2.23. The molecule has 0 aromatic heterocycles. The van der Waals surface area contributed by atoms with E-state index in [0.717, 1.165) is 22.3 Å². The number of hydrogen-bond acceptors (Lipinski definition) is 4. The molecule has 7 heteroatoms. The largest absolute Gasteiger partial charge is 0.483 e. The molecule has 32 heavy (non-hydrogen) atoms. The van der Waals surface area contributed by atoms with E-state index in [1.165, 1.54) is 0 Å². The van der Waals surface area contributed by atoms with Crippen LogP contribution < -0.4 is 20.9 Å². The summed E-state index contributed by atoms with van der Waals surface area (Å²) in [4.78, 5) is 25.1. The lowest BCUT2D eigenvalue weighted by Gasteiger charge is -2.19. The molecule has 0 atom stereocenters. The Balaban J connectivity index is 1.55. The van der Waals surface area contributed by atoms with Gasteiger partial charge in [0, 0.05) is 0 Å². The Morgan fingerprint density at radius 3 is 2.03 bits per heavy atom. The highest BCUT2D eigenvalue weighted by Crippen LogP contribution is 2.24. The molecular formula is C25H25N3O3S. The lowest BCUT2D eigenvalue weighted by atomic mass is 9.90. The van der Waals surface area contributed by atoms with Crippen molar-refractivity contribution >= 4 is 29.1 Å². The van der Waals surface area contributed by atoms with Crippen LogP contribution >= 0.6 is 12.2 Å². The average molecular weight is 448 g/mol. The number of benzene rings is 3. The van der Waals surface area contributed by atoms with E-state index in [0.29, 0.717) is 5.75 Å². The number of aryl methyl sites for hydroxylation is 1. The van der Waals surface area contributed by atoms with Crippen molar-refractivity contribution < 1.29 is 14.3 Å². The Morgan fingerprint density at radius 1 is 0.844 bits per heavy atom. The van der Waals surface area contributed by atoms with Crippen molar-refractivity contribution in [3.8, 4) is 5.75 Å². The predicted octanol–water partition coefficient (Wildman–Crippen LogP) is 3.54. The van der Waals surface area contributed by atoms with Gasteiger partial charge in [-0.2, -0.15) is 0 Å². The minimum absolute atomic E-state index is 0.00746. The number of carbonyl (C=O) groups excluding carboxylic acids is 2. The maximum atomic E-state index is 13.0.